The Kier molecular flexibility index (Phi) is 2.41. The standard InChI is InChI=1S/C4H10F3NS/c1-8-9(2,3)4(5,6)7/h8H,1-3H3. The predicted molar refractivity (Wildman–Crippen MR) is 34.6 cm³/mol. The molecule has 0 aromatic carbocycles. The number of alkyl halides is 3. The van der Waals surface area contributed by atoms with Crippen LogP contribution in [0.1, 0.15) is 0 Å². The van der Waals surface area contributed by atoms with Gasteiger partial charge in [-0.25, -0.2) is 0 Å². The fourth-order valence-electron chi connectivity index (χ4n) is 0.116. The summed E-state index contributed by atoms with van der Waals surface area (Å²) < 4.78 is 37.7. The molecule has 0 fully saturated rings. The Balaban J connectivity index is 4.14. The largest absolute Gasteiger partial charge is 0.436 e. The van der Waals surface area contributed by atoms with Crippen molar-refractivity contribution < 1.29 is 13.2 Å². The molecule has 9 heavy (non-hydrogen) atoms. The molecule has 5 heteroatoms. The van der Waals surface area contributed by atoms with Crippen molar-refractivity contribution >= 4 is 10.2 Å². The summed E-state index contributed by atoms with van der Waals surface area (Å²) in [6.07, 6.45) is 2.35. The minimum atomic E-state index is -4.08. The van der Waals surface area contributed by atoms with Gasteiger partial charge in [-0.1, -0.05) is 0 Å². The van der Waals surface area contributed by atoms with E-state index in [-0.39, 0.29) is 0 Å². The third-order valence-corrected chi connectivity index (χ3v) is 3.27. The van der Waals surface area contributed by atoms with Crippen molar-refractivity contribution in [2.45, 2.75) is 5.51 Å². The number of hydrogen-bond donors (Lipinski definition) is 1. The van der Waals surface area contributed by atoms with Crippen molar-refractivity contribution in [1.29, 1.82) is 0 Å². The Morgan fingerprint density at radius 3 is 1.56 bits per heavy atom. The monoisotopic (exact) mass is 161 g/mol. The lowest BCUT2D eigenvalue weighted by molar-refractivity contribution is -0.0383. The molecule has 0 aliphatic rings. The van der Waals surface area contributed by atoms with E-state index in [9.17, 15) is 13.2 Å². The van der Waals surface area contributed by atoms with E-state index in [0.29, 0.717) is 0 Å². The molecule has 0 rings (SSSR count). The van der Waals surface area contributed by atoms with Crippen LogP contribution in [-0.4, -0.2) is 25.1 Å². The maximum absolute atomic E-state index is 11.8. The first-order valence-corrected chi connectivity index (χ1v) is 4.74. The lowest BCUT2D eigenvalue weighted by Gasteiger charge is -2.32. The third-order valence-electron chi connectivity index (χ3n) is 1.09. The summed E-state index contributed by atoms with van der Waals surface area (Å²) in [5.74, 6) is 0. The zero-order chi connectivity index (χ0) is 7.71. The van der Waals surface area contributed by atoms with Crippen molar-refractivity contribution in [2.24, 2.45) is 0 Å². The third kappa shape index (κ3) is 2.06. The molecule has 0 aromatic heterocycles. The maximum atomic E-state index is 11.8. The van der Waals surface area contributed by atoms with Crippen molar-refractivity contribution in [2.75, 3.05) is 19.6 Å². The highest BCUT2D eigenvalue weighted by Crippen LogP contribution is 2.52. The van der Waals surface area contributed by atoms with E-state index in [1.165, 1.54) is 19.6 Å². The Hall–Kier alpha value is 0.100. The van der Waals surface area contributed by atoms with Crippen LogP contribution in [0, 0.1) is 0 Å². The van der Waals surface area contributed by atoms with Gasteiger partial charge in [0.25, 0.3) is 0 Å². The summed E-state index contributed by atoms with van der Waals surface area (Å²) in [6, 6.07) is 0. The second-order valence-corrected chi connectivity index (χ2v) is 5.50. The number of hydrogen-bond acceptors (Lipinski definition) is 1. The summed E-state index contributed by atoms with van der Waals surface area (Å²) in [4.78, 5) is 0. The van der Waals surface area contributed by atoms with Crippen LogP contribution in [-0.2, 0) is 0 Å². The summed E-state index contributed by atoms with van der Waals surface area (Å²) in [6.45, 7) is 0. The number of halogens is 3. The molecule has 0 spiro atoms. The Labute approximate surface area is 54.1 Å². The van der Waals surface area contributed by atoms with Crippen LogP contribution in [0.15, 0.2) is 0 Å². The molecule has 1 N–H and O–H groups in total. The van der Waals surface area contributed by atoms with Crippen LogP contribution in [0.3, 0.4) is 0 Å². The van der Waals surface area contributed by atoms with Gasteiger partial charge in [0.1, 0.15) is 0 Å². The molecule has 0 heterocycles. The first-order chi connectivity index (χ1) is 3.81. The molecule has 0 saturated heterocycles. The molecule has 0 atom stereocenters. The van der Waals surface area contributed by atoms with Crippen LogP contribution in [0.25, 0.3) is 0 Å². The van der Waals surface area contributed by atoms with E-state index in [2.05, 4.69) is 4.72 Å². The van der Waals surface area contributed by atoms with Crippen molar-refractivity contribution in [1.82, 2.24) is 4.72 Å². The molecule has 0 radical (unpaired) electrons. The lowest BCUT2D eigenvalue weighted by atomic mass is 11.5. The van der Waals surface area contributed by atoms with Crippen LogP contribution < -0.4 is 4.72 Å². The van der Waals surface area contributed by atoms with Crippen molar-refractivity contribution in [3.63, 3.8) is 0 Å². The molecular weight excluding hydrogens is 151 g/mol. The molecule has 58 valence electrons. The molecule has 0 unspecified atom stereocenters. The molecular formula is C4H10F3NS. The van der Waals surface area contributed by atoms with Crippen LogP contribution >= 0.6 is 10.2 Å². The molecule has 0 bridgehead atoms. The van der Waals surface area contributed by atoms with Crippen LogP contribution in [0.2, 0.25) is 0 Å². The smallest absolute Gasteiger partial charge is 0.277 e. The first-order valence-electron chi connectivity index (χ1n) is 2.29. The van der Waals surface area contributed by atoms with E-state index >= 15 is 0 Å². The normalized spacial score (nSPS) is 15.8. The molecule has 0 aromatic rings. The summed E-state index contributed by atoms with van der Waals surface area (Å²) in [5, 5.41) is 0. The van der Waals surface area contributed by atoms with Gasteiger partial charge in [-0.15, -0.1) is 10.2 Å². The Bertz CT molecular complexity index is 98.5. The van der Waals surface area contributed by atoms with Gasteiger partial charge in [0.05, 0.1) is 0 Å². The fraction of sp³-hybridized carbons (Fsp3) is 1.00. The fourth-order valence-corrected chi connectivity index (χ4v) is 0.347. The topological polar surface area (TPSA) is 12.0 Å². The molecule has 0 saturated carbocycles. The second-order valence-electron chi connectivity index (χ2n) is 1.98. The molecule has 0 aliphatic heterocycles. The van der Waals surface area contributed by atoms with Crippen molar-refractivity contribution in [3.8, 4) is 0 Å². The highest BCUT2D eigenvalue weighted by Gasteiger charge is 2.41. The zero-order valence-electron chi connectivity index (χ0n) is 5.54. The Morgan fingerprint density at radius 2 is 1.56 bits per heavy atom. The van der Waals surface area contributed by atoms with E-state index in [0.717, 1.165) is 0 Å². The average molecular weight is 161 g/mol. The lowest BCUT2D eigenvalue weighted by Crippen LogP contribution is -2.28. The van der Waals surface area contributed by atoms with E-state index in [1.807, 2.05) is 0 Å². The maximum Gasteiger partial charge on any atom is 0.436 e. The summed E-state index contributed by atoms with van der Waals surface area (Å²) >= 11 is 0. The van der Waals surface area contributed by atoms with Gasteiger partial charge in [-0.2, -0.15) is 13.2 Å². The predicted octanol–water partition coefficient (Wildman–Crippen LogP) is 1.70. The molecule has 1 nitrogen and oxygen atoms in total. The van der Waals surface area contributed by atoms with Crippen molar-refractivity contribution in [3.05, 3.63) is 0 Å². The minimum Gasteiger partial charge on any atom is -0.277 e. The van der Waals surface area contributed by atoms with Gasteiger partial charge in [0.2, 0.25) is 0 Å². The van der Waals surface area contributed by atoms with E-state index in [4.69, 9.17) is 0 Å². The molecule has 0 amide bonds. The van der Waals surface area contributed by atoms with Gasteiger partial charge in [0.15, 0.2) is 0 Å². The minimum absolute atomic E-state index is 1.17. The SMILES string of the molecule is CNS(C)(C)C(F)(F)F. The highest BCUT2D eigenvalue weighted by molar-refractivity contribution is 8.31. The van der Waals surface area contributed by atoms with Crippen LogP contribution in [0.4, 0.5) is 13.2 Å². The second kappa shape index (κ2) is 2.38. The number of nitrogens with one attached hydrogen (secondary N) is 1. The highest BCUT2D eigenvalue weighted by atomic mass is 32.3. The van der Waals surface area contributed by atoms with E-state index < -0.39 is 15.7 Å². The van der Waals surface area contributed by atoms with Gasteiger partial charge in [-0.3, -0.25) is 4.72 Å². The number of rotatable bonds is 1. The van der Waals surface area contributed by atoms with Crippen LogP contribution in [0.5, 0.6) is 0 Å². The summed E-state index contributed by atoms with van der Waals surface area (Å²) in [5.41, 5.74) is -4.08. The summed E-state index contributed by atoms with van der Waals surface area (Å²) in [7, 11) is -1.26. The first kappa shape index (κ1) is 9.10. The van der Waals surface area contributed by atoms with Gasteiger partial charge < -0.3 is 0 Å². The molecule has 0 aliphatic carbocycles. The average Bonchev–Trinajstić information content (AvgIpc) is 1.64. The van der Waals surface area contributed by atoms with E-state index in [1.54, 1.807) is 0 Å². The van der Waals surface area contributed by atoms with Gasteiger partial charge in [-0.05, 0) is 19.6 Å². The zero-order valence-corrected chi connectivity index (χ0v) is 6.36. The van der Waals surface area contributed by atoms with Gasteiger partial charge >= 0.3 is 5.51 Å². The quantitative estimate of drug-likeness (QED) is 0.617. The van der Waals surface area contributed by atoms with Gasteiger partial charge in [0, 0.05) is 0 Å². The Morgan fingerprint density at radius 1 is 1.22 bits per heavy atom.